The van der Waals surface area contributed by atoms with Crippen LogP contribution in [0, 0.1) is 0 Å². The van der Waals surface area contributed by atoms with Crippen LogP contribution in [0.4, 0.5) is 0 Å². The van der Waals surface area contributed by atoms with E-state index in [1.54, 1.807) is 0 Å². The summed E-state index contributed by atoms with van der Waals surface area (Å²) in [5.74, 6) is 1.85. The highest BCUT2D eigenvalue weighted by Crippen LogP contribution is 2.37. The molecule has 98 valence electrons. The van der Waals surface area contributed by atoms with Crippen LogP contribution >= 0.6 is 0 Å². The number of nitrogens with two attached hydrogens (primary N) is 1. The minimum absolute atomic E-state index is 0.430. The van der Waals surface area contributed by atoms with Crippen LogP contribution in [0.3, 0.4) is 0 Å². The van der Waals surface area contributed by atoms with Crippen LogP contribution in [0.2, 0.25) is 0 Å². The van der Waals surface area contributed by atoms with Gasteiger partial charge in [0.25, 0.3) is 0 Å². The van der Waals surface area contributed by atoms with E-state index in [-0.39, 0.29) is 0 Å². The Labute approximate surface area is 107 Å². The number of piperidine rings is 2. The van der Waals surface area contributed by atoms with Crippen LogP contribution in [0.5, 0.6) is 0 Å². The van der Waals surface area contributed by atoms with E-state index in [4.69, 9.17) is 5.73 Å². The van der Waals surface area contributed by atoms with E-state index in [2.05, 4.69) is 4.90 Å². The predicted molar refractivity (Wildman–Crippen MR) is 71.4 cm³/mol. The maximum absolute atomic E-state index is 11.5. The van der Waals surface area contributed by atoms with Crippen molar-refractivity contribution in [3.8, 4) is 0 Å². The molecule has 4 heteroatoms. The number of hydrogen-bond donors (Lipinski definition) is 1. The second kappa shape index (κ2) is 4.98. The van der Waals surface area contributed by atoms with Crippen molar-refractivity contribution < 1.29 is 4.21 Å². The third kappa shape index (κ3) is 2.45. The summed E-state index contributed by atoms with van der Waals surface area (Å²) in [6.07, 6.45) is 8.74. The Kier molecular flexibility index (Phi) is 3.55. The van der Waals surface area contributed by atoms with Gasteiger partial charge in [0.05, 0.1) is 0 Å². The molecule has 2 bridgehead atoms. The molecule has 3 aliphatic heterocycles. The molecule has 3 nitrogen and oxygen atoms in total. The Balaban J connectivity index is 1.71. The van der Waals surface area contributed by atoms with Gasteiger partial charge in [-0.25, -0.2) is 0 Å². The summed E-state index contributed by atoms with van der Waals surface area (Å²) >= 11 is 0. The van der Waals surface area contributed by atoms with Crippen molar-refractivity contribution in [2.75, 3.05) is 11.5 Å². The Bertz CT molecular complexity index is 286. The first-order valence-electron chi connectivity index (χ1n) is 7.12. The molecule has 2 unspecified atom stereocenters. The normalized spacial score (nSPS) is 47.9. The molecule has 3 rings (SSSR count). The minimum Gasteiger partial charge on any atom is -0.328 e. The van der Waals surface area contributed by atoms with E-state index in [0.717, 1.165) is 36.4 Å². The molecule has 0 aromatic heterocycles. The highest BCUT2D eigenvalue weighted by molar-refractivity contribution is 7.85. The molecule has 0 amide bonds. The van der Waals surface area contributed by atoms with Crippen molar-refractivity contribution in [3.05, 3.63) is 0 Å². The maximum atomic E-state index is 11.5. The van der Waals surface area contributed by atoms with Gasteiger partial charge in [-0.15, -0.1) is 0 Å². The SMILES string of the molecule is NC1CC2CCCC(C1)N2C1CCS(=O)CC1. The molecule has 0 spiro atoms. The van der Waals surface area contributed by atoms with Crippen molar-refractivity contribution in [3.63, 3.8) is 0 Å². The second-order valence-electron chi connectivity index (χ2n) is 6.00. The zero-order valence-corrected chi connectivity index (χ0v) is 11.3. The van der Waals surface area contributed by atoms with Gasteiger partial charge in [-0.1, -0.05) is 6.42 Å². The van der Waals surface area contributed by atoms with Gasteiger partial charge in [-0.2, -0.15) is 0 Å². The molecular weight excluding hydrogens is 232 g/mol. The molecule has 0 aliphatic carbocycles. The first-order chi connectivity index (χ1) is 8.24. The molecule has 3 fully saturated rings. The molecule has 0 saturated carbocycles. The summed E-state index contributed by atoms with van der Waals surface area (Å²) in [6.45, 7) is 0. The van der Waals surface area contributed by atoms with Crippen molar-refractivity contribution >= 4 is 10.8 Å². The molecule has 0 aromatic rings. The van der Waals surface area contributed by atoms with Crippen molar-refractivity contribution in [1.29, 1.82) is 0 Å². The smallest absolute Gasteiger partial charge is 0.0249 e. The lowest BCUT2D eigenvalue weighted by Gasteiger charge is -2.52. The Morgan fingerprint density at radius 2 is 1.53 bits per heavy atom. The lowest BCUT2D eigenvalue weighted by atomic mass is 9.80. The zero-order chi connectivity index (χ0) is 11.8. The fourth-order valence-corrected chi connectivity index (χ4v) is 5.41. The summed E-state index contributed by atoms with van der Waals surface area (Å²) < 4.78 is 11.5. The monoisotopic (exact) mass is 256 g/mol. The summed E-state index contributed by atoms with van der Waals surface area (Å²) in [7, 11) is -0.530. The maximum Gasteiger partial charge on any atom is 0.0249 e. The van der Waals surface area contributed by atoms with Gasteiger partial charge in [0.2, 0.25) is 0 Å². The topological polar surface area (TPSA) is 46.3 Å². The first kappa shape index (κ1) is 12.1. The second-order valence-corrected chi connectivity index (χ2v) is 7.69. The van der Waals surface area contributed by atoms with E-state index in [0.29, 0.717) is 12.1 Å². The van der Waals surface area contributed by atoms with Crippen LogP contribution in [0.1, 0.15) is 44.9 Å². The predicted octanol–water partition coefficient (Wildman–Crippen LogP) is 1.24. The highest BCUT2D eigenvalue weighted by atomic mass is 32.2. The van der Waals surface area contributed by atoms with E-state index >= 15 is 0 Å². The summed E-state index contributed by atoms with van der Waals surface area (Å²) in [5, 5.41) is 0. The van der Waals surface area contributed by atoms with Gasteiger partial charge in [0.15, 0.2) is 0 Å². The van der Waals surface area contributed by atoms with Gasteiger partial charge in [0, 0.05) is 46.5 Å². The standard InChI is InChI=1S/C13H24N2OS/c14-10-8-12-2-1-3-13(9-10)15(12)11-4-6-17(16)7-5-11/h10-13H,1-9,14H2. The van der Waals surface area contributed by atoms with Crippen molar-refractivity contribution in [1.82, 2.24) is 4.90 Å². The van der Waals surface area contributed by atoms with E-state index in [1.807, 2.05) is 0 Å². The van der Waals surface area contributed by atoms with Gasteiger partial charge in [-0.3, -0.25) is 9.11 Å². The van der Waals surface area contributed by atoms with Gasteiger partial charge in [0.1, 0.15) is 0 Å². The molecule has 3 aliphatic rings. The lowest BCUT2D eigenvalue weighted by Crippen LogP contribution is -2.59. The minimum atomic E-state index is -0.530. The molecular formula is C13H24N2OS. The van der Waals surface area contributed by atoms with Crippen molar-refractivity contribution in [2.45, 2.75) is 69.1 Å². The quantitative estimate of drug-likeness (QED) is 0.768. The molecule has 0 aromatic carbocycles. The zero-order valence-electron chi connectivity index (χ0n) is 10.5. The summed E-state index contributed by atoms with van der Waals surface area (Å²) in [5.41, 5.74) is 6.16. The van der Waals surface area contributed by atoms with E-state index < -0.39 is 10.8 Å². The third-order valence-electron chi connectivity index (χ3n) is 4.85. The Hall–Kier alpha value is 0.0700. The number of hydrogen-bond acceptors (Lipinski definition) is 3. The van der Waals surface area contributed by atoms with Crippen LogP contribution in [-0.4, -0.2) is 44.8 Å². The fourth-order valence-electron chi connectivity index (χ4n) is 4.14. The Morgan fingerprint density at radius 3 is 2.12 bits per heavy atom. The number of rotatable bonds is 1. The van der Waals surface area contributed by atoms with Crippen LogP contribution in [0.25, 0.3) is 0 Å². The molecule has 0 radical (unpaired) electrons. The largest absolute Gasteiger partial charge is 0.328 e. The highest BCUT2D eigenvalue weighted by Gasteiger charge is 2.41. The average Bonchev–Trinajstić information content (AvgIpc) is 2.29. The number of fused-ring (bicyclic) bond motifs is 2. The van der Waals surface area contributed by atoms with Gasteiger partial charge in [-0.05, 0) is 38.5 Å². The Morgan fingerprint density at radius 1 is 0.941 bits per heavy atom. The molecule has 2 atom stereocenters. The van der Waals surface area contributed by atoms with Crippen LogP contribution in [0.15, 0.2) is 0 Å². The van der Waals surface area contributed by atoms with E-state index in [9.17, 15) is 4.21 Å². The number of nitrogens with zero attached hydrogens (tertiary/aromatic N) is 1. The molecule has 3 heterocycles. The lowest BCUT2D eigenvalue weighted by molar-refractivity contribution is -0.00824. The van der Waals surface area contributed by atoms with Crippen LogP contribution in [-0.2, 0) is 10.8 Å². The van der Waals surface area contributed by atoms with Gasteiger partial charge >= 0.3 is 0 Å². The molecule has 17 heavy (non-hydrogen) atoms. The summed E-state index contributed by atoms with van der Waals surface area (Å²) in [4.78, 5) is 2.78. The molecule has 2 N–H and O–H groups in total. The van der Waals surface area contributed by atoms with E-state index in [1.165, 1.54) is 32.1 Å². The third-order valence-corrected chi connectivity index (χ3v) is 6.23. The van der Waals surface area contributed by atoms with Gasteiger partial charge < -0.3 is 5.73 Å². The van der Waals surface area contributed by atoms with Crippen molar-refractivity contribution in [2.24, 2.45) is 5.73 Å². The average molecular weight is 256 g/mol. The summed E-state index contributed by atoms with van der Waals surface area (Å²) in [6, 6.07) is 2.60. The molecule has 3 saturated heterocycles. The fraction of sp³-hybridized carbons (Fsp3) is 1.00. The van der Waals surface area contributed by atoms with Crippen LogP contribution < -0.4 is 5.73 Å². The first-order valence-corrected chi connectivity index (χ1v) is 8.61.